The minimum Gasteiger partial charge on any atom is -0.334 e. The lowest BCUT2D eigenvalue weighted by Gasteiger charge is -2.29. The van der Waals surface area contributed by atoms with Crippen LogP contribution in [-0.4, -0.2) is 9.55 Å². The zero-order valence-electron chi connectivity index (χ0n) is 24.0. The summed E-state index contributed by atoms with van der Waals surface area (Å²) in [6.45, 7) is 4.61. The molecular formula is C34H58N2. The van der Waals surface area contributed by atoms with Gasteiger partial charge in [0.2, 0.25) is 0 Å². The summed E-state index contributed by atoms with van der Waals surface area (Å²) in [5, 5.41) is 0. The summed E-state index contributed by atoms with van der Waals surface area (Å²) in [5.74, 6) is 0.695. The van der Waals surface area contributed by atoms with Crippen molar-refractivity contribution in [3.8, 4) is 0 Å². The molecule has 36 heavy (non-hydrogen) atoms. The van der Waals surface area contributed by atoms with E-state index in [0.717, 1.165) is 0 Å². The minimum absolute atomic E-state index is 0.575. The molecule has 0 amide bonds. The van der Waals surface area contributed by atoms with E-state index in [4.69, 9.17) is 0 Å². The molecule has 0 radical (unpaired) electrons. The van der Waals surface area contributed by atoms with Crippen molar-refractivity contribution in [2.45, 2.75) is 155 Å². The molecule has 1 aromatic heterocycles. The lowest BCUT2D eigenvalue weighted by atomic mass is 9.84. The van der Waals surface area contributed by atoms with E-state index in [1.54, 1.807) is 0 Å². The first kappa shape index (κ1) is 30.7. The normalized spacial score (nSPS) is 13.2. The molecule has 204 valence electrons. The Kier molecular flexibility index (Phi) is 18.3. The van der Waals surface area contributed by atoms with Gasteiger partial charge in [0, 0.05) is 18.4 Å². The first-order chi connectivity index (χ1) is 17.8. The van der Waals surface area contributed by atoms with E-state index in [1.165, 1.54) is 140 Å². The van der Waals surface area contributed by atoms with Gasteiger partial charge in [-0.3, -0.25) is 0 Å². The number of hydrogen-bond acceptors (Lipinski definition) is 1. The molecule has 1 aromatic carbocycles. The van der Waals surface area contributed by atoms with Crippen LogP contribution in [0.15, 0.2) is 49.1 Å². The van der Waals surface area contributed by atoms with Gasteiger partial charge < -0.3 is 4.57 Å². The number of unbranched alkanes of at least 4 members (excludes halogenated alkanes) is 16. The molecule has 2 rings (SSSR count). The Morgan fingerprint density at radius 3 is 1.61 bits per heavy atom. The first-order valence-corrected chi connectivity index (χ1v) is 15.9. The van der Waals surface area contributed by atoms with Gasteiger partial charge in [0.15, 0.2) is 0 Å². The van der Waals surface area contributed by atoms with E-state index in [0.29, 0.717) is 12.0 Å². The fourth-order valence-corrected chi connectivity index (χ4v) is 5.82. The second-order valence-corrected chi connectivity index (χ2v) is 11.3. The van der Waals surface area contributed by atoms with Crippen molar-refractivity contribution >= 4 is 0 Å². The lowest BCUT2D eigenvalue weighted by molar-refractivity contribution is 0.275. The van der Waals surface area contributed by atoms with Gasteiger partial charge in [-0.25, -0.2) is 4.98 Å². The minimum atomic E-state index is 0.575. The van der Waals surface area contributed by atoms with E-state index in [9.17, 15) is 0 Å². The predicted octanol–water partition coefficient (Wildman–Crippen LogP) is 11.1. The van der Waals surface area contributed by atoms with Gasteiger partial charge in [-0.1, -0.05) is 160 Å². The van der Waals surface area contributed by atoms with E-state index >= 15 is 0 Å². The number of imidazole rings is 1. The van der Waals surface area contributed by atoms with Gasteiger partial charge in [-0.2, -0.15) is 0 Å². The van der Waals surface area contributed by atoms with Crippen LogP contribution >= 0.6 is 0 Å². The van der Waals surface area contributed by atoms with Gasteiger partial charge >= 0.3 is 0 Å². The van der Waals surface area contributed by atoms with Gasteiger partial charge in [-0.15, -0.1) is 0 Å². The molecule has 1 heterocycles. The molecule has 0 bridgehead atoms. The summed E-state index contributed by atoms with van der Waals surface area (Å²) in [4.78, 5) is 4.44. The van der Waals surface area contributed by atoms with E-state index in [-0.39, 0.29) is 0 Å². The standard InChI is InChI=1S/C34H58N2/c1-3-5-7-9-11-13-14-16-18-23-27-34(36-29-28-35-31-36)33(30-32-24-20-19-21-25-32)26-22-17-15-12-10-8-6-4-2/h19-21,24-25,28-29,31,33-34H,3-18,22-23,26-27,30H2,1-2H3. The highest BCUT2D eigenvalue weighted by Crippen LogP contribution is 2.32. The Morgan fingerprint density at radius 1 is 0.611 bits per heavy atom. The van der Waals surface area contributed by atoms with Crippen molar-refractivity contribution in [3.05, 3.63) is 54.6 Å². The fraction of sp³-hybridized carbons (Fsp3) is 0.735. The lowest BCUT2D eigenvalue weighted by Crippen LogP contribution is -2.21. The molecule has 0 N–H and O–H groups in total. The van der Waals surface area contributed by atoms with Gasteiger partial charge in [0.25, 0.3) is 0 Å². The molecule has 2 atom stereocenters. The summed E-state index contributed by atoms with van der Waals surface area (Å²) in [7, 11) is 0. The molecule has 2 nitrogen and oxygen atoms in total. The molecular weight excluding hydrogens is 436 g/mol. The Hall–Kier alpha value is -1.57. The van der Waals surface area contributed by atoms with Crippen LogP contribution in [0, 0.1) is 5.92 Å². The van der Waals surface area contributed by atoms with Crippen molar-refractivity contribution in [1.29, 1.82) is 0 Å². The van der Waals surface area contributed by atoms with Crippen LogP contribution in [0.5, 0.6) is 0 Å². The number of aromatic nitrogens is 2. The van der Waals surface area contributed by atoms with Crippen molar-refractivity contribution in [3.63, 3.8) is 0 Å². The van der Waals surface area contributed by atoms with E-state index in [1.807, 2.05) is 6.20 Å². The van der Waals surface area contributed by atoms with Crippen LogP contribution in [0.4, 0.5) is 0 Å². The average Bonchev–Trinajstić information content (AvgIpc) is 3.44. The van der Waals surface area contributed by atoms with Crippen LogP contribution in [0.25, 0.3) is 0 Å². The maximum absolute atomic E-state index is 4.44. The number of nitrogens with zero attached hydrogens (tertiary/aromatic N) is 2. The summed E-state index contributed by atoms with van der Waals surface area (Å²) in [5.41, 5.74) is 1.50. The van der Waals surface area contributed by atoms with E-state index < -0.39 is 0 Å². The molecule has 0 fully saturated rings. The van der Waals surface area contributed by atoms with Crippen molar-refractivity contribution in [1.82, 2.24) is 9.55 Å². The SMILES string of the molecule is CCCCCCCCCCCCC(C(CCCCCCCCCC)Cc1ccccc1)n1ccnc1. The Labute approximate surface area is 224 Å². The summed E-state index contributed by atoms with van der Waals surface area (Å²) >= 11 is 0. The second kappa shape index (κ2) is 21.5. The molecule has 2 unspecified atom stereocenters. The highest BCUT2D eigenvalue weighted by atomic mass is 15.1. The number of rotatable bonds is 24. The Bertz CT molecular complexity index is 693. The zero-order valence-corrected chi connectivity index (χ0v) is 24.0. The first-order valence-electron chi connectivity index (χ1n) is 15.9. The van der Waals surface area contributed by atoms with Crippen LogP contribution in [-0.2, 0) is 6.42 Å². The summed E-state index contributed by atoms with van der Waals surface area (Å²) < 4.78 is 2.44. The Morgan fingerprint density at radius 2 is 1.11 bits per heavy atom. The molecule has 0 spiro atoms. The smallest absolute Gasteiger partial charge is 0.0948 e. The molecule has 2 aromatic rings. The maximum atomic E-state index is 4.44. The maximum Gasteiger partial charge on any atom is 0.0948 e. The molecule has 0 aliphatic carbocycles. The quantitative estimate of drug-likeness (QED) is 0.133. The predicted molar refractivity (Wildman–Crippen MR) is 159 cm³/mol. The van der Waals surface area contributed by atoms with Crippen LogP contribution in [0.2, 0.25) is 0 Å². The van der Waals surface area contributed by atoms with E-state index in [2.05, 4.69) is 66.3 Å². The van der Waals surface area contributed by atoms with Gasteiger partial charge in [0.1, 0.15) is 0 Å². The van der Waals surface area contributed by atoms with Crippen LogP contribution in [0.3, 0.4) is 0 Å². The highest BCUT2D eigenvalue weighted by molar-refractivity contribution is 5.15. The average molecular weight is 495 g/mol. The fourth-order valence-electron chi connectivity index (χ4n) is 5.82. The topological polar surface area (TPSA) is 17.8 Å². The molecule has 0 saturated heterocycles. The monoisotopic (exact) mass is 494 g/mol. The highest BCUT2D eigenvalue weighted by Gasteiger charge is 2.23. The van der Waals surface area contributed by atoms with Crippen LogP contribution < -0.4 is 0 Å². The largest absolute Gasteiger partial charge is 0.334 e. The molecule has 2 heteroatoms. The molecule has 0 aliphatic heterocycles. The Balaban J connectivity index is 1.82. The van der Waals surface area contributed by atoms with Crippen molar-refractivity contribution < 1.29 is 0 Å². The molecule has 0 aliphatic rings. The third kappa shape index (κ3) is 14.2. The summed E-state index contributed by atoms with van der Waals surface area (Å²) in [6.07, 6.45) is 35.4. The zero-order chi connectivity index (χ0) is 25.5. The number of hydrogen-bond donors (Lipinski definition) is 0. The summed E-state index contributed by atoms with van der Waals surface area (Å²) in [6, 6.07) is 11.8. The van der Waals surface area contributed by atoms with Crippen LogP contribution in [0.1, 0.15) is 154 Å². The number of benzene rings is 1. The molecule has 0 saturated carbocycles. The van der Waals surface area contributed by atoms with Gasteiger partial charge in [0.05, 0.1) is 6.33 Å². The third-order valence-electron chi connectivity index (χ3n) is 8.07. The third-order valence-corrected chi connectivity index (χ3v) is 8.07. The van der Waals surface area contributed by atoms with Gasteiger partial charge in [-0.05, 0) is 30.7 Å². The second-order valence-electron chi connectivity index (χ2n) is 11.3. The van der Waals surface area contributed by atoms with Crippen molar-refractivity contribution in [2.75, 3.05) is 0 Å². The van der Waals surface area contributed by atoms with Crippen molar-refractivity contribution in [2.24, 2.45) is 5.92 Å².